The molecule has 104 valence electrons. The number of nitro benzene ring substituents is 1. The molecule has 0 aliphatic carbocycles. The number of rotatable bonds is 3. The third-order valence-electron chi connectivity index (χ3n) is 2.85. The zero-order chi connectivity index (χ0) is 15.0. The highest BCUT2D eigenvalue weighted by Crippen LogP contribution is 2.33. The van der Waals surface area contributed by atoms with Crippen LogP contribution in [0.2, 0.25) is 0 Å². The van der Waals surface area contributed by atoms with Crippen molar-refractivity contribution in [2.24, 2.45) is 0 Å². The van der Waals surface area contributed by atoms with Crippen LogP contribution >= 0.6 is 11.3 Å². The summed E-state index contributed by atoms with van der Waals surface area (Å²) in [5.74, 6) is -0.354. The standard InChI is InChI=1S/C13H8BFN2O3S/c14-12-6-9-13(21-12)11(3-4-16-9)20-10-2-1-7(17(18)19)5-8(10)15/h1-6H,14H2. The molecule has 3 aromatic rings. The second kappa shape index (κ2) is 5.14. The summed E-state index contributed by atoms with van der Waals surface area (Å²) in [6.07, 6.45) is 1.58. The van der Waals surface area contributed by atoms with Crippen molar-refractivity contribution in [3.63, 3.8) is 0 Å². The van der Waals surface area contributed by atoms with Gasteiger partial charge < -0.3 is 4.74 Å². The molecule has 5 nitrogen and oxygen atoms in total. The fraction of sp³-hybridized carbons (Fsp3) is 0. The van der Waals surface area contributed by atoms with Gasteiger partial charge >= 0.3 is 0 Å². The van der Waals surface area contributed by atoms with Crippen LogP contribution in [0.5, 0.6) is 11.5 Å². The number of benzene rings is 1. The normalized spacial score (nSPS) is 10.7. The Morgan fingerprint density at radius 1 is 1.29 bits per heavy atom. The number of nitro groups is 1. The molecular weight excluding hydrogens is 294 g/mol. The van der Waals surface area contributed by atoms with E-state index in [0.717, 1.165) is 21.1 Å². The quantitative estimate of drug-likeness (QED) is 0.423. The fourth-order valence-corrected chi connectivity index (χ4v) is 2.84. The molecule has 1 aromatic carbocycles. The lowest BCUT2D eigenvalue weighted by Crippen LogP contribution is -1.92. The zero-order valence-electron chi connectivity index (χ0n) is 10.9. The van der Waals surface area contributed by atoms with Gasteiger partial charge in [0.2, 0.25) is 0 Å². The molecule has 2 aromatic heterocycles. The Kier molecular flexibility index (Phi) is 3.30. The van der Waals surface area contributed by atoms with Crippen molar-refractivity contribution in [2.45, 2.75) is 0 Å². The van der Waals surface area contributed by atoms with Crippen LogP contribution in [0.25, 0.3) is 10.2 Å². The number of hydrogen-bond donors (Lipinski definition) is 0. The summed E-state index contributed by atoms with van der Waals surface area (Å²) in [6, 6.07) is 6.85. The van der Waals surface area contributed by atoms with Gasteiger partial charge in [-0.2, -0.15) is 0 Å². The Morgan fingerprint density at radius 2 is 2.10 bits per heavy atom. The molecule has 2 heterocycles. The number of halogens is 1. The van der Waals surface area contributed by atoms with E-state index in [-0.39, 0.29) is 11.4 Å². The minimum absolute atomic E-state index is 0.0563. The van der Waals surface area contributed by atoms with Gasteiger partial charge in [-0.05, 0) is 16.9 Å². The van der Waals surface area contributed by atoms with Crippen molar-refractivity contribution in [3.05, 3.63) is 52.5 Å². The predicted molar refractivity (Wildman–Crippen MR) is 80.9 cm³/mol. The van der Waals surface area contributed by atoms with Crippen LogP contribution in [0.3, 0.4) is 0 Å². The lowest BCUT2D eigenvalue weighted by Gasteiger charge is -2.07. The van der Waals surface area contributed by atoms with Crippen LogP contribution in [0.4, 0.5) is 10.1 Å². The minimum atomic E-state index is -0.776. The molecule has 0 bridgehead atoms. The number of aromatic nitrogens is 1. The molecule has 0 unspecified atom stereocenters. The van der Waals surface area contributed by atoms with Gasteiger partial charge in [0.05, 0.1) is 21.2 Å². The first-order valence-electron chi connectivity index (χ1n) is 6.01. The van der Waals surface area contributed by atoms with Crippen molar-refractivity contribution in [2.75, 3.05) is 0 Å². The summed E-state index contributed by atoms with van der Waals surface area (Å²) >= 11 is 1.49. The first kappa shape index (κ1) is 13.5. The number of non-ortho nitro benzene ring substituents is 1. The highest BCUT2D eigenvalue weighted by Gasteiger charge is 2.14. The number of ether oxygens (including phenoxy) is 1. The molecule has 0 saturated heterocycles. The van der Waals surface area contributed by atoms with E-state index in [2.05, 4.69) is 4.98 Å². The van der Waals surface area contributed by atoms with Crippen LogP contribution in [-0.4, -0.2) is 17.8 Å². The molecule has 0 aliphatic rings. The SMILES string of the molecule is Bc1cc2nccc(Oc3ccc([N+](=O)[O-])cc3F)c2s1. The molecular formula is C13H8BFN2O3S. The largest absolute Gasteiger partial charge is 0.453 e. The number of nitrogens with zero attached hydrogens (tertiary/aromatic N) is 2. The van der Waals surface area contributed by atoms with E-state index in [1.165, 1.54) is 23.5 Å². The van der Waals surface area contributed by atoms with Crippen molar-refractivity contribution in [1.29, 1.82) is 0 Å². The van der Waals surface area contributed by atoms with Crippen LogP contribution in [0.15, 0.2) is 36.5 Å². The lowest BCUT2D eigenvalue weighted by molar-refractivity contribution is -0.385. The summed E-state index contributed by atoms with van der Waals surface area (Å²) in [4.78, 5) is 14.2. The second-order valence-corrected chi connectivity index (χ2v) is 5.61. The first-order valence-corrected chi connectivity index (χ1v) is 6.83. The fourth-order valence-electron chi connectivity index (χ4n) is 1.92. The molecule has 21 heavy (non-hydrogen) atoms. The molecule has 3 rings (SSSR count). The van der Waals surface area contributed by atoms with Gasteiger partial charge in [-0.15, -0.1) is 11.3 Å². The van der Waals surface area contributed by atoms with Crippen LogP contribution in [-0.2, 0) is 0 Å². The van der Waals surface area contributed by atoms with E-state index >= 15 is 0 Å². The first-order chi connectivity index (χ1) is 10.0. The summed E-state index contributed by atoms with van der Waals surface area (Å²) < 4.78 is 21.3. The van der Waals surface area contributed by atoms with E-state index in [0.29, 0.717) is 5.75 Å². The molecule has 0 N–H and O–H groups in total. The molecule has 0 atom stereocenters. The number of thiophene rings is 1. The molecule has 0 radical (unpaired) electrons. The van der Waals surface area contributed by atoms with E-state index in [1.807, 2.05) is 13.9 Å². The average molecular weight is 302 g/mol. The second-order valence-electron chi connectivity index (χ2n) is 4.35. The van der Waals surface area contributed by atoms with Crippen LogP contribution < -0.4 is 9.51 Å². The van der Waals surface area contributed by atoms with Gasteiger partial charge in [0.15, 0.2) is 19.4 Å². The molecule has 0 saturated carbocycles. The van der Waals surface area contributed by atoms with Gasteiger partial charge in [0.25, 0.3) is 5.69 Å². The van der Waals surface area contributed by atoms with Gasteiger partial charge in [0.1, 0.15) is 5.75 Å². The molecule has 0 spiro atoms. The topological polar surface area (TPSA) is 65.3 Å². The van der Waals surface area contributed by atoms with Crippen molar-refractivity contribution >= 4 is 39.9 Å². The molecule has 0 fully saturated rings. The number of pyridine rings is 1. The number of fused-ring (bicyclic) bond motifs is 1. The van der Waals surface area contributed by atoms with Gasteiger partial charge in [0, 0.05) is 18.3 Å². The summed E-state index contributed by atoms with van der Waals surface area (Å²) in [5.41, 5.74) is 0.462. The maximum Gasteiger partial charge on any atom is 0.272 e. The third kappa shape index (κ3) is 2.57. The predicted octanol–water partition coefficient (Wildman–Crippen LogP) is 2.39. The average Bonchev–Trinajstić information content (AvgIpc) is 2.82. The summed E-state index contributed by atoms with van der Waals surface area (Å²) in [6.45, 7) is 0. The van der Waals surface area contributed by atoms with E-state index < -0.39 is 10.7 Å². The molecule has 0 amide bonds. The Morgan fingerprint density at radius 3 is 2.81 bits per heavy atom. The Hall–Kier alpha value is -2.48. The van der Waals surface area contributed by atoms with Crippen LogP contribution in [0, 0.1) is 15.9 Å². The Bertz CT molecular complexity index is 853. The highest BCUT2D eigenvalue weighted by molar-refractivity contribution is 7.26. The summed E-state index contributed by atoms with van der Waals surface area (Å²) in [5, 5.41) is 10.6. The van der Waals surface area contributed by atoms with Crippen molar-refractivity contribution < 1.29 is 14.1 Å². The van der Waals surface area contributed by atoms with Crippen LogP contribution in [0.1, 0.15) is 0 Å². The number of hydrogen-bond acceptors (Lipinski definition) is 5. The lowest BCUT2D eigenvalue weighted by atomic mass is 10.1. The minimum Gasteiger partial charge on any atom is -0.453 e. The third-order valence-corrected chi connectivity index (χ3v) is 3.90. The maximum absolute atomic E-state index is 13.9. The Balaban J connectivity index is 2.00. The highest BCUT2D eigenvalue weighted by atomic mass is 32.1. The van der Waals surface area contributed by atoms with E-state index in [4.69, 9.17) is 4.74 Å². The maximum atomic E-state index is 13.9. The van der Waals surface area contributed by atoms with Gasteiger partial charge in [-0.3, -0.25) is 15.1 Å². The van der Waals surface area contributed by atoms with Crippen molar-refractivity contribution in [1.82, 2.24) is 4.98 Å². The van der Waals surface area contributed by atoms with E-state index in [9.17, 15) is 14.5 Å². The van der Waals surface area contributed by atoms with Gasteiger partial charge in [-0.25, -0.2) is 4.39 Å². The Labute approximate surface area is 123 Å². The van der Waals surface area contributed by atoms with Crippen molar-refractivity contribution in [3.8, 4) is 11.5 Å². The molecule has 8 heteroatoms. The van der Waals surface area contributed by atoms with E-state index in [1.54, 1.807) is 12.3 Å². The monoisotopic (exact) mass is 302 g/mol. The zero-order valence-corrected chi connectivity index (χ0v) is 11.7. The summed E-state index contributed by atoms with van der Waals surface area (Å²) in [7, 11) is 1.95. The smallest absolute Gasteiger partial charge is 0.272 e. The molecule has 0 aliphatic heterocycles. The van der Waals surface area contributed by atoms with Gasteiger partial charge in [-0.1, -0.05) is 0 Å².